The summed E-state index contributed by atoms with van der Waals surface area (Å²) in [5, 5.41) is 0. The molecule has 168 valence electrons. The summed E-state index contributed by atoms with van der Waals surface area (Å²) in [6, 6.07) is 12.9. The molecule has 0 saturated carbocycles. The van der Waals surface area contributed by atoms with Gasteiger partial charge in [0.2, 0.25) is 10.0 Å². The Morgan fingerprint density at radius 3 is 2.32 bits per heavy atom. The molecule has 0 aliphatic carbocycles. The molecule has 1 heterocycles. The van der Waals surface area contributed by atoms with Crippen LogP contribution in [0.3, 0.4) is 0 Å². The Labute approximate surface area is 186 Å². The van der Waals surface area contributed by atoms with E-state index in [1.807, 2.05) is 45.2 Å². The normalized spacial score (nSPS) is 13.9. The van der Waals surface area contributed by atoms with Crippen molar-refractivity contribution in [3.63, 3.8) is 0 Å². The first-order valence-corrected chi connectivity index (χ1v) is 12.5. The molecule has 2 aromatic carbocycles. The number of fused-ring (bicyclic) bond motifs is 1. The van der Waals surface area contributed by atoms with Crippen LogP contribution in [0.1, 0.15) is 49.5 Å². The predicted octanol–water partition coefficient (Wildman–Crippen LogP) is 4.16. The Hall–Kier alpha value is -2.38. The molecule has 0 aromatic heterocycles. The van der Waals surface area contributed by atoms with Crippen LogP contribution in [0.4, 0.5) is 11.4 Å². The first-order chi connectivity index (χ1) is 14.8. The second-order valence-electron chi connectivity index (χ2n) is 7.91. The van der Waals surface area contributed by atoms with E-state index >= 15 is 0 Å². The van der Waals surface area contributed by atoms with Crippen molar-refractivity contribution in [3.05, 3.63) is 53.6 Å². The van der Waals surface area contributed by atoms with Gasteiger partial charge in [-0.1, -0.05) is 20.8 Å². The van der Waals surface area contributed by atoms with Gasteiger partial charge in [-0.15, -0.1) is 0 Å². The molecule has 1 amide bonds. The summed E-state index contributed by atoms with van der Waals surface area (Å²) in [5.41, 5.74) is 3.44. The molecule has 1 aliphatic heterocycles. The summed E-state index contributed by atoms with van der Waals surface area (Å²) in [5.74, 6) is -0.0509. The number of carbonyl (C=O) groups excluding carboxylic acids is 1. The molecule has 0 atom stereocenters. The van der Waals surface area contributed by atoms with Crippen molar-refractivity contribution in [1.29, 1.82) is 0 Å². The quantitative estimate of drug-likeness (QED) is 0.615. The van der Waals surface area contributed by atoms with Gasteiger partial charge in [0.25, 0.3) is 5.91 Å². The summed E-state index contributed by atoms with van der Waals surface area (Å²) in [6.45, 7) is 8.28. The molecular weight excluding hydrogens is 410 g/mol. The largest absolute Gasteiger partial charge is 0.375 e. The number of nitrogens with zero attached hydrogens (tertiary/aromatic N) is 3. The van der Waals surface area contributed by atoms with Gasteiger partial charge in [0, 0.05) is 50.2 Å². The highest BCUT2D eigenvalue weighted by atomic mass is 32.2. The average molecular weight is 444 g/mol. The van der Waals surface area contributed by atoms with Gasteiger partial charge in [0.15, 0.2) is 0 Å². The zero-order chi connectivity index (χ0) is 22.6. The highest BCUT2D eigenvalue weighted by molar-refractivity contribution is 7.89. The van der Waals surface area contributed by atoms with Gasteiger partial charge in [0.1, 0.15) is 0 Å². The van der Waals surface area contributed by atoms with E-state index in [1.54, 1.807) is 23.1 Å². The number of amides is 1. The molecule has 3 rings (SSSR count). The predicted molar refractivity (Wildman–Crippen MR) is 127 cm³/mol. The van der Waals surface area contributed by atoms with Crippen LogP contribution >= 0.6 is 0 Å². The first-order valence-electron chi connectivity index (χ1n) is 11.1. The first kappa shape index (κ1) is 23.3. The molecule has 0 bridgehead atoms. The Bertz CT molecular complexity index is 1010. The number of rotatable bonds is 8. The van der Waals surface area contributed by atoms with Gasteiger partial charge >= 0.3 is 0 Å². The Balaban J connectivity index is 1.87. The standard InChI is InChI=1S/C24H33N3O3S/c1-5-16-25(4)21-12-10-19(11-13-21)24(28)27-17-8-9-20-18-22(14-15-23(20)27)31(29,30)26(6-2)7-3/h10-15,18H,5-9,16-17H2,1-4H3. The van der Waals surface area contributed by atoms with Crippen molar-refractivity contribution in [2.24, 2.45) is 0 Å². The van der Waals surface area contributed by atoms with Crippen LogP contribution in [0.5, 0.6) is 0 Å². The van der Waals surface area contributed by atoms with E-state index in [2.05, 4.69) is 11.8 Å². The highest BCUT2D eigenvalue weighted by Crippen LogP contribution is 2.31. The third-order valence-electron chi connectivity index (χ3n) is 5.87. The second-order valence-corrected chi connectivity index (χ2v) is 9.85. The maximum atomic E-state index is 13.2. The van der Waals surface area contributed by atoms with Gasteiger partial charge in [-0.05, 0) is 67.3 Å². The lowest BCUT2D eigenvalue weighted by Gasteiger charge is -2.30. The third kappa shape index (κ3) is 4.77. The van der Waals surface area contributed by atoms with Crippen LogP contribution in [-0.2, 0) is 16.4 Å². The average Bonchev–Trinajstić information content (AvgIpc) is 2.78. The van der Waals surface area contributed by atoms with Crippen molar-refractivity contribution in [3.8, 4) is 0 Å². The molecule has 0 saturated heterocycles. The van der Waals surface area contributed by atoms with Crippen LogP contribution < -0.4 is 9.80 Å². The van der Waals surface area contributed by atoms with E-state index in [-0.39, 0.29) is 5.91 Å². The molecule has 0 N–H and O–H groups in total. The van der Waals surface area contributed by atoms with Crippen molar-refractivity contribution >= 4 is 27.3 Å². The molecule has 1 aliphatic rings. The van der Waals surface area contributed by atoms with Crippen LogP contribution in [0, 0.1) is 0 Å². The van der Waals surface area contributed by atoms with E-state index in [4.69, 9.17) is 0 Å². The summed E-state index contributed by atoms with van der Waals surface area (Å²) in [4.78, 5) is 17.5. The Kier molecular flexibility index (Phi) is 7.38. The molecule has 7 heteroatoms. The zero-order valence-electron chi connectivity index (χ0n) is 19.0. The number of sulfonamides is 1. The molecule has 0 radical (unpaired) electrons. The fraction of sp³-hybridized carbons (Fsp3) is 0.458. The second kappa shape index (κ2) is 9.83. The van der Waals surface area contributed by atoms with Crippen molar-refractivity contribution < 1.29 is 13.2 Å². The maximum absolute atomic E-state index is 13.2. The highest BCUT2D eigenvalue weighted by Gasteiger charge is 2.27. The van der Waals surface area contributed by atoms with E-state index in [1.165, 1.54) is 4.31 Å². The number of anilines is 2. The van der Waals surface area contributed by atoms with Crippen LogP contribution in [0.25, 0.3) is 0 Å². The van der Waals surface area contributed by atoms with Gasteiger partial charge in [-0.2, -0.15) is 4.31 Å². The molecule has 31 heavy (non-hydrogen) atoms. The van der Waals surface area contributed by atoms with E-state index < -0.39 is 10.0 Å². The lowest BCUT2D eigenvalue weighted by atomic mass is 10.0. The minimum Gasteiger partial charge on any atom is -0.375 e. The topological polar surface area (TPSA) is 60.9 Å². The zero-order valence-corrected chi connectivity index (χ0v) is 19.8. The molecule has 0 unspecified atom stereocenters. The fourth-order valence-electron chi connectivity index (χ4n) is 4.14. The molecule has 0 fully saturated rings. The summed E-state index contributed by atoms with van der Waals surface area (Å²) in [6.07, 6.45) is 2.64. The molecule has 0 spiro atoms. The van der Waals surface area contributed by atoms with E-state index in [0.717, 1.165) is 42.7 Å². The van der Waals surface area contributed by atoms with E-state index in [0.29, 0.717) is 30.1 Å². The monoisotopic (exact) mass is 443 g/mol. The molecule has 6 nitrogen and oxygen atoms in total. The SMILES string of the molecule is CCCN(C)c1ccc(C(=O)N2CCCc3cc(S(=O)(=O)N(CC)CC)ccc32)cc1. The smallest absolute Gasteiger partial charge is 0.258 e. The lowest BCUT2D eigenvalue weighted by molar-refractivity contribution is 0.0985. The van der Waals surface area contributed by atoms with Gasteiger partial charge < -0.3 is 9.80 Å². The Morgan fingerprint density at radius 1 is 1.03 bits per heavy atom. The maximum Gasteiger partial charge on any atom is 0.258 e. The van der Waals surface area contributed by atoms with Crippen molar-refractivity contribution in [2.45, 2.75) is 44.9 Å². The number of benzene rings is 2. The summed E-state index contributed by atoms with van der Waals surface area (Å²) < 4.78 is 27.2. The lowest BCUT2D eigenvalue weighted by Crippen LogP contribution is -2.36. The third-order valence-corrected chi connectivity index (χ3v) is 7.92. The molecule has 2 aromatic rings. The van der Waals surface area contributed by atoms with Gasteiger partial charge in [0.05, 0.1) is 4.90 Å². The minimum absolute atomic E-state index is 0.0509. The number of hydrogen-bond donors (Lipinski definition) is 0. The molecular formula is C24H33N3O3S. The number of hydrogen-bond acceptors (Lipinski definition) is 4. The van der Waals surface area contributed by atoms with Crippen molar-refractivity contribution in [2.75, 3.05) is 43.0 Å². The fourth-order valence-corrected chi connectivity index (χ4v) is 5.65. The number of carbonyl (C=O) groups is 1. The number of aryl methyl sites for hydroxylation is 1. The van der Waals surface area contributed by atoms with Crippen LogP contribution in [0.15, 0.2) is 47.4 Å². The van der Waals surface area contributed by atoms with Gasteiger partial charge in [-0.3, -0.25) is 4.79 Å². The van der Waals surface area contributed by atoms with Crippen LogP contribution in [0.2, 0.25) is 0 Å². The summed E-state index contributed by atoms with van der Waals surface area (Å²) in [7, 11) is -1.47. The van der Waals surface area contributed by atoms with E-state index in [9.17, 15) is 13.2 Å². The summed E-state index contributed by atoms with van der Waals surface area (Å²) >= 11 is 0. The minimum atomic E-state index is -3.52. The Morgan fingerprint density at radius 2 is 1.71 bits per heavy atom. The van der Waals surface area contributed by atoms with Crippen molar-refractivity contribution in [1.82, 2.24) is 4.31 Å². The van der Waals surface area contributed by atoms with Crippen LogP contribution in [-0.4, -0.2) is 51.9 Å². The van der Waals surface area contributed by atoms with Gasteiger partial charge in [-0.25, -0.2) is 8.42 Å².